The van der Waals surface area contributed by atoms with Gasteiger partial charge in [-0.15, -0.1) is 0 Å². The van der Waals surface area contributed by atoms with Crippen molar-refractivity contribution in [2.75, 3.05) is 12.4 Å². The molecule has 0 fully saturated rings. The number of hydrogen-bond acceptors (Lipinski definition) is 6. The molecule has 166 valence electrons. The Morgan fingerprint density at radius 2 is 1.67 bits per heavy atom. The van der Waals surface area contributed by atoms with Crippen LogP contribution in [-0.4, -0.2) is 33.7 Å². The van der Waals surface area contributed by atoms with Crippen molar-refractivity contribution in [3.63, 3.8) is 0 Å². The number of carbonyl (C=O) groups is 2. The molecule has 0 aliphatic heterocycles. The molecule has 1 N–H and O–H groups in total. The minimum absolute atomic E-state index is 0.0971. The molecule has 0 spiro atoms. The lowest BCUT2D eigenvalue weighted by Gasteiger charge is -2.16. The van der Waals surface area contributed by atoms with Gasteiger partial charge in [0.1, 0.15) is 5.75 Å². The van der Waals surface area contributed by atoms with Crippen LogP contribution in [0.2, 0.25) is 0 Å². The number of carbonyl (C=O) groups excluding carboxylic acids is 2. The average Bonchev–Trinajstić information content (AvgIpc) is 2.84. The summed E-state index contributed by atoms with van der Waals surface area (Å²) in [6.07, 6.45) is 0. The van der Waals surface area contributed by atoms with E-state index in [1.807, 2.05) is 13.0 Å². The Labute approximate surface area is 194 Å². The molecule has 0 bridgehead atoms. The fraction of sp³-hybridized carbons (Fsp3) is 0.120. The summed E-state index contributed by atoms with van der Waals surface area (Å²) < 4.78 is 7.17. The normalized spacial score (nSPS) is 10.7. The number of aromatic nitrogens is 2. The van der Waals surface area contributed by atoms with Gasteiger partial charge in [-0.3, -0.25) is 24.3 Å². The minimum atomic E-state index is -0.485. The number of para-hydroxylation sites is 3. The van der Waals surface area contributed by atoms with Crippen LogP contribution in [0.4, 0.5) is 0 Å². The Balaban J connectivity index is 1.67. The highest BCUT2D eigenvalue weighted by atomic mass is 32.2. The summed E-state index contributed by atoms with van der Waals surface area (Å²) in [6.45, 7) is 2.29. The van der Waals surface area contributed by atoms with E-state index in [1.165, 1.54) is 4.57 Å². The van der Waals surface area contributed by atoms with Crippen molar-refractivity contribution in [3.05, 3.63) is 94.8 Å². The predicted octanol–water partition coefficient (Wildman–Crippen LogP) is 3.83. The monoisotopic (exact) mass is 459 g/mol. The van der Waals surface area contributed by atoms with Gasteiger partial charge in [0.25, 0.3) is 11.5 Å². The Morgan fingerprint density at radius 1 is 0.970 bits per heavy atom. The molecule has 0 saturated carbocycles. The number of nitrogens with zero attached hydrogens (tertiary/aromatic N) is 2. The molecule has 0 atom stereocenters. The summed E-state index contributed by atoms with van der Waals surface area (Å²) in [7, 11) is 0. The van der Waals surface area contributed by atoms with Gasteiger partial charge < -0.3 is 4.74 Å². The first-order chi connectivity index (χ1) is 16.1. The van der Waals surface area contributed by atoms with Gasteiger partial charge >= 0.3 is 0 Å². The van der Waals surface area contributed by atoms with Gasteiger partial charge in [0.2, 0.25) is 5.91 Å². The van der Waals surface area contributed by atoms with Crippen molar-refractivity contribution in [2.24, 2.45) is 0 Å². The number of benzene rings is 3. The maximum absolute atomic E-state index is 13.4. The van der Waals surface area contributed by atoms with Crippen molar-refractivity contribution in [1.29, 1.82) is 0 Å². The van der Waals surface area contributed by atoms with Crippen LogP contribution in [-0.2, 0) is 4.79 Å². The molecular formula is C25H21N3O4S. The van der Waals surface area contributed by atoms with Crippen LogP contribution in [0.25, 0.3) is 16.6 Å². The predicted molar refractivity (Wildman–Crippen MR) is 128 cm³/mol. The molecule has 0 unspecified atom stereocenters. The van der Waals surface area contributed by atoms with Gasteiger partial charge in [0.15, 0.2) is 5.16 Å². The minimum Gasteiger partial charge on any atom is -0.492 e. The first kappa shape index (κ1) is 22.3. The standard InChI is InChI=1S/C25H21N3O4S/c1-2-32-21-15-9-8-14-20(21)28-24(31)18-12-6-7-13-19(18)26-25(28)33-16-22(29)27-23(30)17-10-4-3-5-11-17/h3-15H,2,16H2,1H3,(H,27,29,30). The lowest BCUT2D eigenvalue weighted by Crippen LogP contribution is -2.32. The number of nitrogens with one attached hydrogen (secondary N) is 1. The highest BCUT2D eigenvalue weighted by molar-refractivity contribution is 7.99. The molecule has 1 heterocycles. The lowest BCUT2D eigenvalue weighted by molar-refractivity contribution is -0.117. The molecule has 7 nitrogen and oxygen atoms in total. The van der Waals surface area contributed by atoms with Gasteiger partial charge in [-0.2, -0.15) is 0 Å². The molecule has 0 saturated heterocycles. The van der Waals surface area contributed by atoms with E-state index in [4.69, 9.17) is 4.74 Å². The van der Waals surface area contributed by atoms with Crippen LogP contribution in [0.1, 0.15) is 17.3 Å². The maximum Gasteiger partial charge on any atom is 0.266 e. The van der Waals surface area contributed by atoms with E-state index in [0.717, 1.165) is 11.8 Å². The molecule has 2 amide bonds. The van der Waals surface area contributed by atoms with Crippen LogP contribution < -0.4 is 15.6 Å². The van der Waals surface area contributed by atoms with E-state index in [2.05, 4.69) is 10.3 Å². The lowest BCUT2D eigenvalue weighted by atomic mass is 10.2. The number of fused-ring (bicyclic) bond motifs is 1. The highest BCUT2D eigenvalue weighted by Gasteiger charge is 2.18. The van der Waals surface area contributed by atoms with E-state index in [0.29, 0.717) is 39.7 Å². The fourth-order valence-electron chi connectivity index (χ4n) is 3.30. The number of rotatable bonds is 7. The zero-order valence-corrected chi connectivity index (χ0v) is 18.7. The van der Waals surface area contributed by atoms with Gasteiger partial charge in [-0.05, 0) is 43.3 Å². The van der Waals surface area contributed by atoms with Gasteiger partial charge in [0.05, 0.1) is 29.0 Å². The van der Waals surface area contributed by atoms with Crippen molar-refractivity contribution < 1.29 is 14.3 Å². The topological polar surface area (TPSA) is 90.3 Å². The van der Waals surface area contributed by atoms with E-state index in [-0.39, 0.29) is 11.3 Å². The van der Waals surface area contributed by atoms with E-state index in [9.17, 15) is 14.4 Å². The molecule has 1 aromatic heterocycles. The summed E-state index contributed by atoms with van der Waals surface area (Å²) >= 11 is 1.07. The molecule has 0 radical (unpaired) electrons. The van der Waals surface area contributed by atoms with Crippen LogP contribution in [0.5, 0.6) is 5.75 Å². The number of imide groups is 1. The Hall–Kier alpha value is -3.91. The fourth-order valence-corrected chi connectivity index (χ4v) is 4.10. The summed E-state index contributed by atoms with van der Waals surface area (Å²) in [5.74, 6) is -0.530. The zero-order valence-electron chi connectivity index (χ0n) is 17.9. The van der Waals surface area contributed by atoms with Gasteiger partial charge in [-0.1, -0.05) is 54.2 Å². The maximum atomic E-state index is 13.4. The Morgan fingerprint density at radius 3 is 2.45 bits per heavy atom. The number of thioether (sulfide) groups is 1. The molecule has 4 rings (SSSR count). The third-order valence-corrected chi connectivity index (χ3v) is 5.71. The molecule has 0 aliphatic rings. The highest BCUT2D eigenvalue weighted by Crippen LogP contribution is 2.27. The molecule has 4 aromatic rings. The van der Waals surface area contributed by atoms with Crippen LogP contribution >= 0.6 is 11.8 Å². The molecular weight excluding hydrogens is 438 g/mol. The first-order valence-electron chi connectivity index (χ1n) is 10.3. The van der Waals surface area contributed by atoms with E-state index >= 15 is 0 Å². The van der Waals surface area contributed by atoms with E-state index in [1.54, 1.807) is 72.8 Å². The first-order valence-corrected chi connectivity index (χ1v) is 11.3. The summed E-state index contributed by atoms with van der Waals surface area (Å²) in [4.78, 5) is 42.8. The van der Waals surface area contributed by atoms with E-state index < -0.39 is 11.8 Å². The largest absolute Gasteiger partial charge is 0.492 e. The van der Waals surface area contributed by atoms with Crippen LogP contribution in [0, 0.1) is 0 Å². The summed E-state index contributed by atoms with van der Waals surface area (Å²) in [6, 6.07) is 22.7. The second-order valence-electron chi connectivity index (χ2n) is 6.98. The Kier molecular flexibility index (Phi) is 6.85. The molecule has 33 heavy (non-hydrogen) atoms. The van der Waals surface area contributed by atoms with Crippen molar-refractivity contribution in [3.8, 4) is 11.4 Å². The quantitative estimate of drug-likeness (QED) is 0.334. The van der Waals surface area contributed by atoms with Gasteiger partial charge in [-0.25, -0.2) is 4.98 Å². The second kappa shape index (κ2) is 10.1. The van der Waals surface area contributed by atoms with Crippen LogP contribution in [0.3, 0.4) is 0 Å². The summed E-state index contributed by atoms with van der Waals surface area (Å²) in [5.41, 5.74) is 1.18. The molecule has 0 aliphatic carbocycles. The molecule has 3 aromatic carbocycles. The zero-order chi connectivity index (χ0) is 23.2. The van der Waals surface area contributed by atoms with Gasteiger partial charge in [0, 0.05) is 5.56 Å². The summed E-state index contributed by atoms with van der Waals surface area (Å²) in [5, 5.41) is 3.15. The van der Waals surface area contributed by atoms with Crippen LogP contribution in [0.15, 0.2) is 88.8 Å². The SMILES string of the molecule is CCOc1ccccc1-n1c(SCC(=O)NC(=O)c2ccccc2)nc2ccccc2c1=O. The number of amides is 2. The third kappa shape index (κ3) is 4.96. The number of hydrogen-bond donors (Lipinski definition) is 1. The van der Waals surface area contributed by atoms with Crippen molar-refractivity contribution in [2.45, 2.75) is 12.1 Å². The third-order valence-electron chi connectivity index (χ3n) is 4.77. The second-order valence-corrected chi connectivity index (χ2v) is 7.93. The number of ether oxygens (including phenoxy) is 1. The van der Waals surface area contributed by atoms with Crippen molar-refractivity contribution >= 4 is 34.5 Å². The molecule has 8 heteroatoms. The Bertz CT molecular complexity index is 1370. The average molecular weight is 460 g/mol. The smallest absolute Gasteiger partial charge is 0.266 e. The van der Waals surface area contributed by atoms with Crippen molar-refractivity contribution in [1.82, 2.24) is 14.9 Å².